The second kappa shape index (κ2) is 4.05. The topological polar surface area (TPSA) is 12.0 Å². The van der Waals surface area contributed by atoms with E-state index in [9.17, 15) is 0 Å². The van der Waals surface area contributed by atoms with E-state index in [2.05, 4.69) is 26.1 Å². The lowest BCUT2D eigenvalue weighted by molar-refractivity contribution is 0.594. The summed E-state index contributed by atoms with van der Waals surface area (Å²) in [5.74, 6) is 1.26. The number of nitrogens with one attached hydrogen (secondary N) is 1. The minimum atomic E-state index is 0.731. The van der Waals surface area contributed by atoms with E-state index in [1.54, 1.807) is 0 Å². The van der Waals surface area contributed by atoms with Crippen LogP contribution in [0.4, 0.5) is 0 Å². The van der Waals surface area contributed by atoms with Gasteiger partial charge in [-0.25, -0.2) is 0 Å². The lowest BCUT2D eigenvalue weighted by atomic mass is 10.2. The number of hydrogen-bond donors (Lipinski definition) is 1. The maximum absolute atomic E-state index is 3.53. The fraction of sp³-hybridized carbons (Fsp3) is 0.778. The van der Waals surface area contributed by atoms with Gasteiger partial charge in [0.25, 0.3) is 0 Å². The second-order valence-electron chi connectivity index (χ2n) is 3.27. The Hall–Kier alpha value is -0.110. The van der Waals surface area contributed by atoms with E-state index in [4.69, 9.17) is 0 Å². The van der Waals surface area contributed by atoms with Crippen LogP contribution in [0.3, 0.4) is 0 Å². The minimum Gasteiger partial charge on any atom is -0.376 e. The third-order valence-corrected chi connectivity index (χ3v) is 3.24. The zero-order valence-corrected chi connectivity index (χ0v) is 8.42. The molecule has 0 aromatic carbocycles. The van der Waals surface area contributed by atoms with Crippen LogP contribution in [0.25, 0.3) is 0 Å². The molecule has 0 aromatic heterocycles. The van der Waals surface area contributed by atoms with Gasteiger partial charge in [0.2, 0.25) is 0 Å². The van der Waals surface area contributed by atoms with Crippen molar-refractivity contribution in [1.82, 2.24) is 5.32 Å². The van der Waals surface area contributed by atoms with E-state index in [0.29, 0.717) is 0 Å². The summed E-state index contributed by atoms with van der Waals surface area (Å²) in [7, 11) is 0. The summed E-state index contributed by atoms with van der Waals surface area (Å²) >= 11 is 1.97. The van der Waals surface area contributed by atoms with Gasteiger partial charge in [-0.05, 0) is 25.8 Å². The highest BCUT2D eigenvalue weighted by molar-refractivity contribution is 8.03. The monoisotopic (exact) mass is 171 g/mol. The second-order valence-corrected chi connectivity index (χ2v) is 4.30. The van der Waals surface area contributed by atoms with Gasteiger partial charge in [-0.3, -0.25) is 0 Å². The molecule has 0 radical (unpaired) electrons. The Morgan fingerprint density at radius 2 is 2.36 bits per heavy atom. The first kappa shape index (κ1) is 8.98. The van der Waals surface area contributed by atoms with Crippen LogP contribution in [-0.2, 0) is 0 Å². The maximum atomic E-state index is 3.53. The van der Waals surface area contributed by atoms with Gasteiger partial charge in [-0.2, -0.15) is 0 Å². The van der Waals surface area contributed by atoms with Crippen LogP contribution < -0.4 is 5.32 Å². The van der Waals surface area contributed by atoms with E-state index in [-0.39, 0.29) is 0 Å². The van der Waals surface area contributed by atoms with E-state index in [1.165, 1.54) is 29.2 Å². The molecule has 0 bridgehead atoms. The van der Waals surface area contributed by atoms with Crippen molar-refractivity contribution in [2.24, 2.45) is 0 Å². The van der Waals surface area contributed by atoms with Crippen molar-refractivity contribution in [3.05, 3.63) is 10.6 Å². The molecule has 64 valence electrons. The molecule has 11 heavy (non-hydrogen) atoms. The van der Waals surface area contributed by atoms with Gasteiger partial charge in [-0.15, -0.1) is 11.8 Å². The van der Waals surface area contributed by atoms with Gasteiger partial charge in [0, 0.05) is 11.8 Å². The fourth-order valence-corrected chi connectivity index (χ4v) is 2.40. The Balaban J connectivity index is 2.41. The zero-order chi connectivity index (χ0) is 8.27. The zero-order valence-electron chi connectivity index (χ0n) is 7.61. The van der Waals surface area contributed by atoms with E-state index in [0.717, 1.165) is 6.04 Å². The van der Waals surface area contributed by atoms with Gasteiger partial charge < -0.3 is 5.32 Å². The minimum absolute atomic E-state index is 0.731. The third kappa shape index (κ3) is 2.44. The van der Waals surface area contributed by atoms with Gasteiger partial charge in [0.15, 0.2) is 0 Å². The van der Waals surface area contributed by atoms with Gasteiger partial charge in [0.1, 0.15) is 0 Å². The van der Waals surface area contributed by atoms with E-state index >= 15 is 0 Å². The molecule has 2 heteroatoms. The molecule has 0 amide bonds. The summed E-state index contributed by atoms with van der Waals surface area (Å²) in [4.78, 5) is 0. The Morgan fingerprint density at radius 1 is 1.64 bits per heavy atom. The first-order valence-corrected chi connectivity index (χ1v) is 5.29. The molecule has 1 heterocycles. The Bertz CT molecular complexity index is 159. The first-order chi connectivity index (χ1) is 5.24. The van der Waals surface area contributed by atoms with Crippen molar-refractivity contribution < 1.29 is 0 Å². The molecule has 0 aliphatic carbocycles. The van der Waals surface area contributed by atoms with Gasteiger partial charge in [0.05, 0.1) is 5.03 Å². The van der Waals surface area contributed by atoms with Crippen LogP contribution in [0.1, 0.15) is 33.6 Å². The Morgan fingerprint density at radius 3 is 2.82 bits per heavy atom. The predicted molar refractivity (Wildman–Crippen MR) is 52.7 cm³/mol. The molecule has 1 fully saturated rings. The van der Waals surface area contributed by atoms with Crippen molar-refractivity contribution in [3.63, 3.8) is 0 Å². The molecule has 0 aromatic rings. The predicted octanol–water partition coefficient (Wildman–Crippen LogP) is 2.74. The molecule has 0 saturated carbocycles. The normalized spacial score (nSPS) is 23.5. The maximum Gasteiger partial charge on any atom is 0.0670 e. The average molecular weight is 171 g/mol. The highest BCUT2D eigenvalue weighted by Crippen LogP contribution is 2.26. The first-order valence-electron chi connectivity index (χ1n) is 4.31. The summed E-state index contributed by atoms with van der Waals surface area (Å²) in [6.07, 6.45) is 2.60. The Kier molecular flexibility index (Phi) is 3.31. The lowest BCUT2D eigenvalue weighted by Crippen LogP contribution is -2.22. The summed E-state index contributed by atoms with van der Waals surface area (Å²) in [6, 6.07) is 0.731. The number of rotatable bonds is 2. The Labute approximate surface area is 73.6 Å². The fourth-order valence-electron chi connectivity index (χ4n) is 1.25. The van der Waals surface area contributed by atoms with Crippen molar-refractivity contribution in [1.29, 1.82) is 0 Å². The van der Waals surface area contributed by atoms with Crippen LogP contribution in [0.2, 0.25) is 0 Å². The van der Waals surface area contributed by atoms with Crippen LogP contribution in [0, 0.1) is 0 Å². The van der Waals surface area contributed by atoms with Crippen LogP contribution in [-0.4, -0.2) is 11.8 Å². The molecule has 0 spiro atoms. The van der Waals surface area contributed by atoms with E-state index in [1.807, 2.05) is 11.8 Å². The SMILES string of the molecule is CCCC1CSC(=C(C)C)N1. The lowest BCUT2D eigenvalue weighted by Gasteiger charge is -2.08. The van der Waals surface area contributed by atoms with Crippen LogP contribution >= 0.6 is 11.8 Å². The highest BCUT2D eigenvalue weighted by atomic mass is 32.2. The molecule has 1 aliphatic rings. The molecule has 1 unspecified atom stereocenters. The van der Waals surface area contributed by atoms with Gasteiger partial charge in [-0.1, -0.05) is 13.3 Å². The summed E-state index contributed by atoms with van der Waals surface area (Å²) in [5.41, 5.74) is 1.42. The molecule has 1 aliphatic heterocycles. The average Bonchev–Trinajstić information content (AvgIpc) is 2.37. The molecule has 1 rings (SSSR count). The molecule has 1 nitrogen and oxygen atoms in total. The molecule has 1 saturated heterocycles. The molecular weight excluding hydrogens is 154 g/mol. The summed E-state index contributed by atoms with van der Waals surface area (Å²) in [5, 5.41) is 4.94. The number of hydrogen-bond acceptors (Lipinski definition) is 2. The summed E-state index contributed by atoms with van der Waals surface area (Å²) < 4.78 is 0. The number of allylic oxidation sites excluding steroid dienone is 1. The quantitative estimate of drug-likeness (QED) is 0.685. The van der Waals surface area contributed by atoms with E-state index < -0.39 is 0 Å². The molecule has 1 atom stereocenters. The molecular formula is C9H17NS. The van der Waals surface area contributed by atoms with Crippen molar-refractivity contribution >= 4 is 11.8 Å². The van der Waals surface area contributed by atoms with Crippen LogP contribution in [0.15, 0.2) is 10.6 Å². The van der Waals surface area contributed by atoms with Crippen LogP contribution in [0.5, 0.6) is 0 Å². The smallest absolute Gasteiger partial charge is 0.0670 e. The summed E-state index contributed by atoms with van der Waals surface area (Å²) in [6.45, 7) is 6.58. The van der Waals surface area contributed by atoms with Crippen molar-refractivity contribution in [2.75, 3.05) is 5.75 Å². The third-order valence-electron chi connectivity index (χ3n) is 1.86. The van der Waals surface area contributed by atoms with Gasteiger partial charge >= 0.3 is 0 Å². The highest BCUT2D eigenvalue weighted by Gasteiger charge is 2.17. The molecule has 1 N–H and O–H groups in total. The standard InChI is InChI=1S/C9H17NS/c1-4-5-8-6-11-9(10-8)7(2)3/h8,10H,4-6H2,1-3H3. The van der Waals surface area contributed by atoms with Crippen molar-refractivity contribution in [2.45, 2.75) is 39.7 Å². The van der Waals surface area contributed by atoms with Crippen molar-refractivity contribution in [3.8, 4) is 0 Å². The largest absolute Gasteiger partial charge is 0.376 e. The number of thioether (sulfide) groups is 1.